The maximum Gasteiger partial charge on any atom is 0.0544 e. The van der Waals surface area contributed by atoms with Crippen LogP contribution in [0.5, 0.6) is 0 Å². The zero-order valence-corrected chi connectivity index (χ0v) is 19.6. The van der Waals surface area contributed by atoms with Crippen molar-refractivity contribution in [2.75, 3.05) is 0 Å². The van der Waals surface area contributed by atoms with Gasteiger partial charge in [0.1, 0.15) is 0 Å². The van der Waals surface area contributed by atoms with E-state index in [4.69, 9.17) is 0 Å². The van der Waals surface area contributed by atoms with Crippen LogP contribution in [0.25, 0.3) is 0 Å². The molecule has 1 heteroatoms. The lowest BCUT2D eigenvalue weighted by Gasteiger charge is -2.47. The van der Waals surface area contributed by atoms with Gasteiger partial charge in [0.25, 0.3) is 0 Å². The SMILES string of the molecule is CC1CC2C(c3ccccc3)CCCC2C1[Si](C)(C)C1CCC2CCCCC21. The monoisotopic (exact) mass is 394 g/mol. The number of benzene rings is 1. The molecule has 0 heterocycles. The van der Waals surface area contributed by atoms with Crippen LogP contribution in [-0.2, 0) is 0 Å². The lowest BCUT2D eigenvalue weighted by molar-refractivity contribution is 0.233. The molecule has 0 radical (unpaired) electrons. The standard InChI is InChI=1S/C27H42Si/c1-19-18-25-22(20-10-5-4-6-11-20)14-9-15-24(25)27(19)28(2,3)26-17-16-21-12-7-8-13-23(21)26/h4-6,10-11,19,21-27H,7-9,12-18H2,1-3H3. The van der Waals surface area contributed by atoms with E-state index in [9.17, 15) is 0 Å². The Hall–Kier alpha value is -0.563. The van der Waals surface area contributed by atoms with Crippen LogP contribution in [0.3, 0.4) is 0 Å². The molecule has 0 spiro atoms. The van der Waals surface area contributed by atoms with Crippen molar-refractivity contribution in [3.63, 3.8) is 0 Å². The Morgan fingerprint density at radius 2 is 1.50 bits per heavy atom. The number of rotatable bonds is 3. The van der Waals surface area contributed by atoms with Crippen LogP contribution in [0.1, 0.15) is 82.6 Å². The predicted molar refractivity (Wildman–Crippen MR) is 123 cm³/mol. The summed E-state index contributed by atoms with van der Waals surface area (Å²) in [5, 5.41) is 0. The number of fused-ring (bicyclic) bond motifs is 2. The molecule has 154 valence electrons. The van der Waals surface area contributed by atoms with Gasteiger partial charge in [-0.2, -0.15) is 0 Å². The molecular formula is C27H42Si. The fraction of sp³-hybridized carbons (Fsp3) is 0.778. The molecule has 0 N–H and O–H groups in total. The van der Waals surface area contributed by atoms with Crippen LogP contribution in [-0.4, -0.2) is 8.07 Å². The Bertz CT molecular complexity index is 664. The summed E-state index contributed by atoms with van der Waals surface area (Å²) in [6.45, 7) is 8.36. The van der Waals surface area contributed by atoms with E-state index < -0.39 is 8.07 Å². The molecule has 28 heavy (non-hydrogen) atoms. The third-order valence-corrected chi connectivity index (χ3v) is 15.6. The Morgan fingerprint density at radius 1 is 0.750 bits per heavy atom. The molecule has 0 amide bonds. The third kappa shape index (κ3) is 3.15. The lowest BCUT2D eigenvalue weighted by atomic mass is 9.71. The molecule has 8 unspecified atom stereocenters. The van der Waals surface area contributed by atoms with Crippen molar-refractivity contribution in [1.82, 2.24) is 0 Å². The van der Waals surface area contributed by atoms with Crippen molar-refractivity contribution < 1.29 is 0 Å². The molecule has 1 aromatic rings. The molecule has 0 nitrogen and oxygen atoms in total. The van der Waals surface area contributed by atoms with Crippen LogP contribution >= 0.6 is 0 Å². The van der Waals surface area contributed by atoms with E-state index >= 15 is 0 Å². The summed E-state index contributed by atoms with van der Waals surface area (Å²) in [4.78, 5) is 0. The normalized spacial score (nSPS) is 43.5. The second-order valence-corrected chi connectivity index (χ2v) is 16.8. The summed E-state index contributed by atoms with van der Waals surface area (Å²) < 4.78 is 0. The van der Waals surface area contributed by atoms with Gasteiger partial charge in [-0.3, -0.25) is 0 Å². The molecular weight excluding hydrogens is 352 g/mol. The average molecular weight is 395 g/mol. The summed E-state index contributed by atoms with van der Waals surface area (Å²) in [6, 6.07) is 11.6. The van der Waals surface area contributed by atoms with Gasteiger partial charge in [-0.25, -0.2) is 0 Å². The Morgan fingerprint density at radius 3 is 2.32 bits per heavy atom. The molecule has 0 aliphatic heterocycles. The Balaban J connectivity index is 1.41. The zero-order valence-electron chi connectivity index (χ0n) is 18.6. The first kappa shape index (κ1) is 19.4. The number of hydrogen-bond donors (Lipinski definition) is 0. The third-order valence-electron chi connectivity index (χ3n) is 10.2. The minimum atomic E-state index is -1.25. The summed E-state index contributed by atoms with van der Waals surface area (Å²) in [6.07, 6.45) is 15.4. The first-order valence-electron chi connectivity index (χ1n) is 12.6. The molecule has 8 atom stereocenters. The van der Waals surface area contributed by atoms with Gasteiger partial charge in [0, 0.05) is 0 Å². The van der Waals surface area contributed by atoms with Crippen molar-refractivity contribution in [2.45, 2.75) is 101 Å². The highest BCUT2D eigenvalue weighted by atomic mass is 28.3. The van der Waals surface area contributed by atoms with Gasteiger partial charge in [0.05, 0.1) is 8.07 Å². The predicted octanol–water partition coefficient (Wildman–Crippen LogP) is 8.28. The van der Waals surface area contributed by atoms with Gasteiger partial charge in [0.2, 0.25) is 0 Å². The van der Waals surface area contributed by atoms with Crippen molar-refractivity contribution in [3.05, 3.63) is 35.9 Å². The zero-order chi connectivity index (χ0) is 19.3. The van der Waals surface area contributed by atoms with E-state index in [2.05, 4.69) is 50.3 Å². The van der Waals surface area contributed by atoms with Gasteiger partial charge < -0.3 is 0 Å². The molecule has 4 aliphatic rings. The molecule has 5 rings (SSSR count). The van der Waals surface area contributed by atoms with Crippen LogP contribution < -0.4 is 0 Å². The highest BCUT2D eigenvalue weighted by Gasteiger charge is 2.56. The summed E-state index contributed by atoms with van der Waals surface area (Å²) in [5.74, 6) is 6.08. The van der Waals surface area contributed by atoms with Crippen molar-refractivity contribution >= 4 is 8.07 Å². The average Bonchev–Trinajstić information content (AvgIpc) is 3.29. The minimum Gasteiger partial charge on any atom is -0.0689 e. The van der Waals surface area contributed by atoms with Crippen LogP contribution in [0, 0.1) is 29.6 Å². The fourth-order valence-electron chi connectivity index (χ4n) is 9.39. The first-order valence-corrected chi connectivity index (χ1v) is 15.8. The number of hydrogen-bond acceptors (Lipinski definition) is 0. The maximum atomic E-state index is 2.85. The Labute approximate surface area is 174 Å². The second-order valence-electron chi connectivity index (χ2n) is 11.7. The highest BCUT2D eigenvalue weighted by molar-refractivity contribution is 6.80. The van der Waals surface area contributed by atoms with E-state index in [0.717, 1.165) is 46.6 Å². The summed E-state index contributed by atoms with van der Waals surface area (Å²) in [7, 11) is -1.25. The van der Waals surface area contributed by atoms with Gasteiger partial charge in [-0.05, 0) is 65.0 Å². The highest BCUT2D eigenvalue weighted by Crippen LogP contribution is 2.64. The van der Waals surface area contributed by atoms with E-state index in [-0.39, 0.29) is 0 Å². The van der Waals surface area contributed by atoms with Crippen LogP contribution in [0.15, 0.2) is 30.3 Å². The fourth-order valence-corrected chi connectivity index (χ4v) is 15.5. The molecule has 0 bridgehead atoms. The largest absolute Gasteiger partial charge is 0.0689 e. The summed E-state index contributed by atoms with van der Waals surface area (Å²) in [5.41, 5.74) is 3.88. The topological polar surface area (TPSA) is 0 Å². The molecule has 4 saturated carbocycles. The van der Waals surface area contributed by atoms with E-state index in [1.807, 2.05) is 0 Å². The van der Waals surface area contributed by atoms with Crippen molar-refractivity contribution in [1.29, 1.82) is 0 Å². The van der Waals surface area contributed by atoms with Gasteiger partial charge >= 0.3 is 0 Å². The molecule has 1 aromatic carbocycles. The smallest absolute Gasteiger partial charge is 0.0544 e. The molecule has 0 saturated heterocycles. The molecule has 0 aromatic heterocycles. The molecule has 4 aliphatic carbocycles. The molecule has 4 fully saturated rings. The van der Waals surface area contributed by atoms with Crippen molar-refractivity contribution in [2.24, 2.45) is 29.6 Å². The quantitative estimate of drug-likeness (QED) is 0.452. The Kier molecular flexibility index (Phi) is 5.27. The van der Waals surface area contributed by atoms with Crippen LogP contribution in [0.2, 0.25) is 24.2 Å². The van der Waals surface area contributed by atoms with Gasteiger partial charge in [-0.15, -0.1) is 0 Å². The second kappa shape index (κ2) is 7.60. The minimum absolute atomic E-state index is 0.850. The lowest BCUT2D eigenvalue weighted by Crippen LogP contribution is -2.45. The maximum absolute atomic E-state index is 2.85. The van der Waals surface area contributed by atoms with Crippen LogP contribution in [0.4, 0.5) is 0 Å². The van der Waals surface area contributed by atoms with Gasteiger partial charge in [-0.1, -0.05) is 102 Å². The van der Waals surface area contributed by atoms with E-state index in [1.165, 1.54) is 32.1 Å². The van der Waals surface area contributed by atoms with Crippen molar-refractivity contribution in [3.8, 4) is 0 Å². The van der Waals surface area contributed by atoms with E-state index in [0.29, 0.717) is 0 Å². The van der Waals surface area contributed by atoms with Gasteiger partial charge in [0.15, 0.2) is 0 Å². The summed E-state index contributed by atoms with van der Waals surface area (Å²) >= 11 is 0. The van der Waals surface area contributed by atoms with E-state index in [1.54, 1.807) is 37.7 Å². The first-order chi connectivity index (χ1) is 13.6.